The fourth-order valence-electron chi connectivity index (χ4n) is 2.21. The predicted molar refractivity (Wildman–Crippen MR) is 95.8 cm³/mol. The molecule has 0 spiro atoms. The van der Waals surface area contributed by atoms with Crippen LogP contribution in [0.3, 0.4) is 0 Å². The molecule has 8 heteroatoms. The summed E-state index contributed by atoms with van der Waals surface area (Å²) in [6, 6.07) is 7.79. The van der Waals surface area contributed by atoms with E-state index in [1.807, 2.05) is 48.2 Å². The minimum atomic E-state index is -0.0191. The number of aromatic nitrogens is 4. The van der Waals surface area contributed by atoms with Crippen molar-refractivity contribution in [3.05, 3.63) is 46.9 Å². The number of nitrogens with one attached hydrogen (secondary N) is 1. The van der Waals surface area contributed by atoms with Gasteiger partial charge in [-0.1, -0.05) is 17.8 Å². The van der Waals surface area contributed by atoms with E-state index >= 15 is 0 Å². The van der Waals surface area contributed by atoms with Gasteiger partial charge in [0.15, 0.2) is 11.0 Å². The van der Waals surface area contributed by atoms with Gasteiger partial charge in [-0.25, -0.2) is 0 Å². The van der Waals surface area contributed by atoms with Gasteiger partial charge in [-0.05, 0) is 30.5 Å². The van der Waals surface area contributed by atoms with Crippen LogP contribution in [0.25, 0.3) is 11.4 Å². The van der Waals surface area contributed by atoms with Gasteiger partial charge in [0, 0.05) is 29.9 Å². The molecule has 0 aliphatic heterocycles. The molecule has 6 nitrogen and oxygen atoms in total. The zero-order valence-corrected chi connectivity index (χ0v) is 15.0. The van der Waals surface area contributed by atoms with Gasteiger partial charge < -0.3 is 9.88 Å². The van der Waals surface area contributed by atoms with Gasteiger partial charge >= 0.3 is 0 Å². The van der Waals surface area contributed by atoms with Crippen LogP contribution in [-0.4, -0.2) is 31.4 Å². The second-order valence-corrected chi connectivity index (χ2v) is 7.12. The first-order valence-corrected chi connectivity index (χ1v) is 9.27. The van der Waals surface area contributed by atoms with Gasteiger partial charge in [0.05, 0.1) is 11.8 Å². The summed E-state index contributed by atoms with van der Waals surface area (Å²) >= 11 is 3.01. The highest BCUT2D eigenvalue weighted by Crippen LogP contribution is 2.22. The Labute approximate surface area is 148 Å². The van der Waals surface area contributed by atoms with Crippen molar-refractivity contribution in [1.82, 2.24) is 25.1 Å². The van der Waals surface area contributed by atoms with E-state index in [-0.39, 0.29) is 11.9 Å². The van der Waals surface area contributed by atoms with Crippen molar-refractivity contribution >= 4 is 29.0 Å². The number of thioether (sulfide) groups is 1. The maximum atomic E-state index is 12.1. The molecule has 3 aromatic rings. The molecule has 3 rings (SSSR count). The fraction of sp³-hybridized carbons (Fsp3) is 0.250. The lowest BCUT2D eigenvalue weighted by Gasteiger charge is -2.11. The molecule has 0 fully saturated rings. The second kappa shape index (κ2) is 7.59. The summed E-state index contributed by atoms with van der Waals surface area (Å²) < 4.78 is 1.88. The first kappa shape index (κ1) is 16.7. The first-order valence-electron chi connectivity index (χ1n) is 7.40. The predicted octanol–water partition coefficient (Wildman–Crippen LogP) is 2.91. The van der Waals surface area contributed by atoms with Crippen LogP contribution in [0.4, 0.5) is 0 Å². The largest absolute Gasteiger partial charge is 0.348 e. The van der Waals surface area contributed by atoms with Crippen molar-refractivity contribution in [2.24, 2.45) is 7.05 Å². The third kappa shape index (κ3) is 3.82. The number of hydrogen-bond acceptors (Lipinski definition) is 6. The topological polar surface area (TPSA) is 72.7 Å². The molecule has 0 radical (unpaired) electrons. The van der Waals surface area contributed by atoms with Crippen molar-refractivity contribution in [3.63, 3.8) is 0 Å². The number of carbonyl (C=O) groups excluding carboxylic acids is 1. The zero-order chi connectivity index (χ0) is 16.9. The number of pyridine rings is 1. The molecule has 1 N–H and O–H groups in total. The van der Waals surface area contributed by atoms with Crippen LogP contribution in [0.2, 0.25) is 0 Å². The summed E-state index contributed by atoms with van der Waals surface area (Å²) in [4.78, 5) is 17.3. The van der Waals surface area contributed by atoms with E-state index in [4.69, 9.17) is 0 Å². The van der Waals surface area contributed by atoms with Crippen LogP contribution in [0, 0.1) is 0 Å². The van der Waals surface area contributed by atoms with Gasteiger partial charge in [-0.15, -0.1) is 21.5 Å². The number of rotatable bonds is 6. The average Bonchev–Trinajstić information content (AvgIpc) is 3.24. The van der Waals surface area contributed by atoms with Gasteiger partial charge in [0.25, 0.3) is 0 Å². The molecule has 0 unspecified atom stereocenters. The molecule has 3 aromatic heterocycles. The number of hydrogen-bond donors (Lipinski definition) is 1. The highest BCUT2D eigenvalue weighted by Gasteiger charge is 2.14. The third-order valence-electron chi connectivity index (χ3n) is 3.45. The van der Waals surface area contributed by atoms with Crippen LogP contribution in [0.1, 0.15) is 17.8 Å². The van der Waals surface area contributed by atoms with Gasteiger partial charge in [0.1, 0.15) is 0 Å². The van der Waals surface area contributed by atoms with Crippen molar-refractivity contribution in [3.8, 4) is 11.4 Å². The van der Waals surface area contributed by atoms with E-state index in [1.165, 1.54) is 11.8 Å². The van der Waals surface area contributed by atoms with Crippen LogP contribution >= 0.6 is 23.1 Å². The second-order valence-electron chi connectivity index (χ2n) is 5.19. The molecular weight excluding hydrogens is 342 g/mol. The van der Waals surface area contributed by atoms with Crippen molar-refractivity contribution < 1.29 is 4.79 Å². The van der Waals surface area contributed by atoms with E-state index in [0.29, 0.717) is 10.9 Å². The lowest BCUT2D eigenvalue weighted by Crippen LogP contribution is -2.27. The van der Waals surface area contributed by atoms with E-state index in [0.717, 1.165) is 16.3 Å². The molecule has 1 amide bonds. The van der Waals surface area contributed by atoms with Crippen molar-refractivity contribution in [1.29, 1.82) is 0 Å². The van der Waals surface area contributed by atoms with Crippen LogP contribution in [-0.2, 0) is 11.8 Å². The maximum absolute atomic E-state index is 12.1. The Morgan fingerprint density at radius 3 is 2.83 bits per heavy atom. The Hall–Kier alpha value is -2.19. The van der Waals surface area contributed by atoms with Crippen LogP contribution in [0.5, 0.6) is 0 Å². The number of nitrogens with zero attached hydrogens (tertiary/aromatic N) is 4. The van der Waals surface area contributed by atoms with Crippen molar-refractivity contribution in [2.75, 3.05) is 5.75 Å². The molecule has 0 aliphatic carbocycles. The normalized spacial score (nSPS) is 12.1. The molecule has 0 saturated heterocycles. The Morgan fingerprint density at radius 1 is 1.33 bits per heavy atom. The number of carbonyl (C=O) groups is 1. The molecule has 24 heavy (non-hydrogen) atoms. The Kier molecular flexibility index (Phi) is 5.27. The molecule has 0 aromatic carbocycles. The molecule has 124 valence electrons. The van der Waals surface area contributed by atoms with Crippen molar-refractivity contribution in [2.45, 2.75) is 18.1 Å². The third-order valence-corrected chi connectivity index (χ3v) is 5.53. The maximum Gasteiger partial charge on any atom is 0.230 e. The van der Waals surface area contributed by atoms with Gasteiger partial charge in [-0.3, -0.25) is 9.78 Å². The van der Waals surface area contributed by atoms with Gasteiger partial charge in [-0.2, -0.15) is 0 Å². The molecule has 1 atom stereocenters. The summed E-state index contributed by atoms with van der Waals surface area (Å²) in [5.74, 6) is 1.04. The minimum absolute atomic E-state index is 0.0185. The average molecular weight is 359 g/mol. The number of thiophene rings is 1. The van der Waals surface area contributed by atoms with E-state index in [2.05, 4.69) is 20.5 Å². The molecule has 3 heterocycles. The monoisotopic (exact) mass is 359 g/mol. The van der Waals surface area contributed by atoms with Gasteiger partial charge in [0.2, 0.25) is 5.91 Å². The summed E-state index contributed by atoms with van der Waals surface area (Å²) in [7, 11) is 1.89. The molecular formula is C16H17N5OS2. The lowest BCUT2D eigenvalue weighted by molar-refractivity contribution is -0.119. The van der Waals surface area contributed by atoms with Crippen LogP contribution in [0.15, 0.2) is 47.2 Å². The van der Waals surface area contributed by atoms with E-state index in [9.17, 15) is 4.79 Å². The number of amides is 1. The lowest BCUT2D eigenvalue weighted by atomic mass is 10.2. The summed E-state index contributed by atoms with van der Waals surface area (Å²) in [5.41, 5.74) is 0.947. The summed E-state index contributed by atoms with van der Waals surface area (Å²) in [5, 5.41) is 14.1. The van der Waals surface area contributed by atoms with E-state index in [1.54, 1.807) is 23.7 Å². The minimum Gasteiger partial charge on any atom is -0.348 e. The quantitative estimate of drug-likeness (QED) is 0.685. The Balaban J connectivity index is 1.59. The van der Waals surface area contributed by atoms with E-state index < -0.39 is 0 Å². The fourth-order valence-corrected chi connectivity index (χ4v) is 3.67. The summed E-state index contributed by atoms with van der Waals surface area (Å²) in [6.45, 7) is 1.98. The standard InChI is InChI=1S/C16H17N5OS2/c1-11(13-4-3-9-23-13)18-14(22)10-24-16-20-19-15(21(16)2)12-5-7-17-8-6-12/h3-9,11H,10H2,1-2H3,(H,18,22)/t11-/m0/s1. The SMILES string of the molecule is C[C@H](NC(=O)CSc1nnc(-c2ccncc2)n1C)c1cccs1. The Morgan fingerprint density at radius 2 is 2.12 bits per heavy atom. The summed E-state index contributed by atoms with van der Waals surface area (Å²) in [6.07, 6.45) is 3.44. The first-order chi connectivity index (χ1) is 11.6. The molecule has 0 bridgehead atoms. The van der Waals surface area contributed by atoms with Crippen LogP contribution < -0.4 is 5.32 Å². The zero-order valence-electron chi connectivity index (χ0n) is 13.3. The highest BCUT2D eigenvalue weighted by atomic mass is 32.2. The molecule has 0 saturated carbocycles. The Bertz CT molecular complexity index is 801. The smallest absolute Gasteiger partial charge is 0.230 e. The molecule has 0 aliphatic rings. The highest BCUT2D eigenvalue weighted by molar-refractivity contribution is 7.99.